The van der Waals surface area contributed by atoms with Gasteiger partial charge in [0.05, 0.1) is 5.56 Å². The van der Waals surface area contributed by atoms with Crippen LogP contribution >= 0.6 is 0 Å². The zero-order valence-electron chi connectivity index (χ0n) is 11.1. The third-order valence-electron chi connectivity index (χ3n) is 2.97. The average molecular weight is 287 g/mol. The van der Waals surface area contributed by atoms with Crippen molar-refractivity contribution in [3.63, 3.8) is 0 Å². The van der Waals surface area contributed by atoms with Crippen LogP contribution in [0.15, 0.2) is 36.4 Å². The molecule has 0 spiro atoms. The van der Waals surface area contributed by atoms with Crippen molar-refractivity contribution in [1.29, 1.82) is 0 Å². The van der Waals surface area contributed by atoms with Gasteiger partial charge < -0.3 is 20.6 Å². The van der Waals surface area contributed by atoms with Crippen LogP contribution in [0.3, 0.4) is 0 Å². The van der Waals surface area contributed by atoms with Crippen molar-refractivity contribution in [3.8, 4) is 11.5 Å². The Labute approximate surface area is 120 Å². The van der Waals surface area contributed by atoms with Crippen molar-refractivity contribution < 1.29 is 24.9 Å². The fourth-order valence-corrected chi connectivity index (χ4v) is 1.88. The second-order valence-corrected chi connectivity index (χ2v) is 4.46. The van der Waals surface area contributed by atoms with Gasteiger partial charge in [-0.1, -0.05) is 6.07 Å². The minimum absolute atomic E-state index is 0.107. The first kappa shape index (κ1) is 14.4. The Bertz CT molecular complexity index is 704. The highest BCUT2D eigenvalue weighted by Gasteiger charge is 2.17. The SMILES string of the molecule is Cc1cc(C(=O)O)ccc1NC(=O)c1c(O)cccc1O. The lowest BCUT2D eigenvalue weighted by atomic mass is 10.1. The number of benzene rings is 2. The van der Waals surface area contributed by atoms with Crippen molar-refractivity contribution in [2.75, 3.05) is 5.32 Å². The second-order valence-electron chi connectivity index (χ2n) is 4.46. The highest BCUT2D eigenvalue weighted by atomic mass is 16.4. The minimum Gasteiger partial charge on any atom is -0.507 e. The first-order chi connectivity index (χ1) is 9.90. The average Bonchev–Trinajstić information content (AvgIpc) is 2.40. The molecular formula is C15H13NO5. The highest BCUT2D eigenvalue weighted by Crippen LogP contribution is 2.27. The lowest BCUT2D eigenvalue weighted by Gasteiger charge is -2.11. The fraction of sp³-hybridized carbons (Fsp3) is 0.0667. The van der Waals surface area contributed by atoms with Crippen LogP contribution in [0.5, 0.6) is 11.5 Å². The van der Waals surface area contributed by atoms with Gasteiger partial charge in [-0.3, -0.25) is 4.79 Å². The third-order valence-corrected chi connectivity index (χ3v) is 2.97. The van der Waals surface area contributed by atoms with Gasteiger partial charge >= 0.3 is 5.97 Å². The summed E-state index contributed by atoms with van der Waals surface area (Å²) >= 11 is 0. The Morgan fingerprint density at radius 1 is 1.05 bits per heavy atom. The molecule has 0 aliphatic carbocycles. The van der Waals surface area contributed by atoms with Gasteiger partial charge in [0.2, 0.25) is 0 Å². The molecule has 2 rings (SSSR count). The molecule has 21 heavy (non-hydrogen) atoms. The maximum absolute atomic E-state index is 12.1. The molecule has 2 aromatic carbocycles. The zero-order chi connectivity index (χ0) is 15.6. The summed E-state index contributed by atoms with van der Waals surface area (Å²) in [6, 6.07) is 8.21. The Hall–Kier alpha value is -3.02. The van der Waals surface area contributed by atoms with Gasteiger partial charge in [-0.15, -0.1) is 0 Å². The van der Waals surface area contributed by atoms with Crippen molar-refractivity contribution in [2.45, 2.75) is 6.92 Å². The number of phenolic OH excluding ortho intramolecular Hbond substituents is 2. The molecule has 4 N–H and O–H groups in total. The first-order valence-corrected chi connectivity index (χ1v) is 6.06. The van der Waals surface area contributed by atoms with Gasteiger partial charge in [-0.25, -0.2) is 4.79 Å². The number of hydrogen-bond acceptors (Lipinski definition) is 4. The molecule has 0 aliphatic rings. The smallest absolute Gasteiger partial charge is 0.335 e. The van der Waals surface area contributed by atoms with Crippen LogP contribution in [0.2, 0.25) is 0 Å². The lowest BCUT2D eigenvalue weighted by molar-refractivity contribution is 0.0696. The summed E-state index contributed by atoms with van der Waals surface area (Å²) in [4.78, 5) is 22.9. The summed E-state index contributed by atoms with van der Waals surface area (Å²) in [5.74, 6) is -2.43. The minimum atomic E-state index is -1.06. The number of carboxylic acids is 1. The van der Waals surface area contributed by atoms with Crippen molar-refractivity contribution in [3.05, 3.63) is 53.1 Å². The number of anilines is 1. The molecule has 0 aromatic heterocycles. The van der Waals surface area contributed by atoms with Crippen LogP contribution in [-0.2, 0) is 0 Å². The third kappa shape index (κ3) is 2.94. The predicted octanol–water partition coefficient (Wildman–Crippen LogP) is 2.36. The first-order valence-electron chi connectivity index (χ1n) is 6.06. The van der Waals surface area contributed by atoms with E-state index in [1.165, 1.54) is 36.4 Å². The van der Waals surface area contributed by atoms with Crippen molar-refractivity contribution in [1.82, 2.24) is 0 Å². The normalized spacial score (nSPS) is 10.1. The number of rotatable bonds is 3. The topological polar surface area (TPSA) is 107 Å². The largest absolute Gasteiger partial charge is 0.507 e. The van der Waals surface area contributed by atoms with Gasteiger partial charge in [0.15, 0.2) is 0 Å². The molecule has 0 bridgehead atoms. The number of aromatic hydroxyl groups is 2. The monoisotopic (exact) mass is 287 g/mol. The van der Waals surface area contributed by atoms with E-state index < -0.39 is 11.9 Å². The van der Waals surface area contributed by atoms with Gasteiger partial charge in [0.25, 0.3) is 5.91 Å². The number of hydrogen-bond donors (Lipinski definition) is 4. The molecule has 0 saturated carbocycles. The molecule has 6 nitrogen and oxygen atoms in total. The maximum Gasteiger partial charge on any atom is 0.335 e. The fourth-order valence-electron chi connectivity index (χ4n) is 1.88. The van der Waals surface area contributed by atoms with E-state index in [-0.39, 0.29) is 22.6 Å². The number of aromatic carboxylic acids is 1. The van der Waals surface area contributed by atoms with Crippen molar-refractivity contribution in [2.24, 2.45) is 0 Å². The van der Waals surface area contributed by atoms with E-state index in [1.807, 2.05) is 0 Å². The number of amides is 1. The molecule has 0 aliphatic heterocycles. The summed E-state index contributed by atoms with van der Waals surface area (Å²) < 4.78 is 0. The Morgan fingerprint density at radius 2 is 1.67 bits per heavy atom. The quantitative estimate of drug-likeness (QED) is 0.693. The molecule has 6 heteroatoms. The van der Waals surface area contributed by atoms with E-state index in [2.05, 4.69) is 5.32 Å². The molecule has 0 heterocycles. The van der Waals surface area contributed by atoms with Crippen LogP contribution in [0, 0.1) is 6.92 Å². The summed E-state index contributed by atoms with van der Waals surface area (Å²) in [6.45, 7) is 1.65. The lowest BCUT2D eigenvalue weighted by Crippen LogP contribution is -2.13. The summed E-state index contributed by atoms with van der Waals surface area (Å²) in [6.07, 6.45) is 0. The summed E-state index contributed by atoms with van der Waals surface area (Å²) in [5, 5.41) is 30.7. The van der Waals surface area contributed by atoms with Crippen LogP contribution < -0.4 is 5.32 Å². The van der Waals surface area contributed by atoms with Gasteiger partial charge in [-0.05, 0) is 42.8 Å². The number of carbonyl (C=O) groups excluding carboxylic acids is 1. The molecule has 0 saturated heterocycles. The number of aryl methyl sites for hydroxylation is 1. The molecule has 108 valence electrons. The second kappa shape index (κ2) is 5.54. The Morgan fingerprint density at radius 3 is 2.19 bits per heavy atom. The highest BCUT2D eigenvalue weighted by molar-refractivity contribution is 6.08. The van der Waals surface area contributed by atoms with Crippen LogP contribution in [0.1, 0.15) is 26.3 Å². The van der Waals surface area contributed by atoms with Crippen LogP contribution in [-0.4, -0.2) is 27.2 Å². The maximum atomic E-state index is 12.1. The predicted molar refractivity (Wildman–Crippen MR) is 75.9 cm³/mol. The molecular weight excluding hydrogens is 274 g/mol. The van der Waals surface area contributed by atoms with E-state index in [0.29, 0.717) is 11.3 Å². The van der Waals surface area contributed by atoms with E-state index >= 15 is 0 Å². The summed E-state index contributed by atoms with van der Waals surface area (Å²) in [5.41, 5.74) is 0.820. The summed E-state index contributed by atoms with van der Waals surface area (Å²) in [7, 11) is 0. The van der Waals surface area contributed by atoms with E-state index in [1.54, 1.807) is 6.92 Å². The Kier molecular flexibility index (Phi) is 3.80. The van der Waals surface area contributed by atoms with Crippen molar-refractivity contribution >= 4 is 17.6 Å². The molecule has 1 amide bonds. The van der Waals surface area contributed by atoms with E-state index in [0.717, 1.165) is 0 Å². The standard InChI is InChI=1S/C15H13NO5/c1-8-7-9(15(20)21)5-6-10(8)16-14(19)13-11(17)3-2-4-12(13)18/h2-7,17-18H,1H3,(H,16,19)(H,20,21). The van der Waals surface area contributed by atoms with E-state index in [4.69, 9.17) is 5.11 Å². The van der Waals surface area contributed by atoms with Gasteiger partial charge in [0, 0.05) is 5.69 Å². The van der Waals surface area contributed by atoms with Gasteiger partial charge in [-0.2, -0.15) is 0 Å². The zero-order valence-corrected chi connectivity index (χ0v) is 11.1. The van der Waals surface area contributed by atoms with Gasteiger partial charge in [0.1, 0.15) is 17.1 Å². The molecule has 2 aromatic rings. The van der Waals surface area contributed by atoms with Crippen LogP contribution in [0.4, 0.5) is 5.69 Å². The molecule has 0 atom stereocenters. The molecule has 0 fully saturated rings. The number of carboxylic acid groups (broad SMARTS) is 1. The molecule has 0 unspecified atom stereocenters. The van der Waals surface area contributed by atoms with E-state index in [9.17, 15) is 19.8 Å². The Balaban J connectivity index is 2.30. The number of carbonyl (C=O) groups is 2. The molecule has 0 radical (unpaired) electrons. The van der Waals surface area contributed by atoms with Crippen LogP contribution in [0.25, 0.3) is 0 Å². The number of nitrogens with one attached hydrogen (secondary N) is 1. The number of phenols is 2.